The molecule has 0 fully saturated rings. The van der Waals surface area contributed by atoms with Gasteiger partial charge in [-0.25, -0.2) is 0 Å². The van der Waals surface area contributed by atoms with Crippen LogP contribution in [0.25, 0.3) is 0 Å². The van der Waals surface area contributed by atoms with Gasteiger partial charge in [0.15, 0.2) is 0 Å². The Hall–Kier alpha value is -0.370. The Balaban J connectivity index is 2.47. The third-order valence-electron chi connectivity index (χ3n) is 2.57. The molecular weight excluding hydrogens is 407 g/mol. The van der Waals surface area contributed by atoms with Gasteiger partial charge >= 0.3 is 6.18 Å². The largest absolute Gasteiger partial charge is 0.416 e. The molecule has 0 amide bonds. The summed E-state index contributed by atoms with van der Waals surface area (Å²) in [4.78, 5) is 0.662. The fraction of sp³-hybridized carbons (Fsp3) is 0.167. The van der Waals surface area contributed by atoms with Gasteiger partial charge in [0.2, 0.25) is 0 Å². The van der Waals surface area contributed by atoms with E-state index >= 15 is 0 Å². The molecule has 0 saturated heterocycles. The number of alkyl halides is 3. The molecule has 0 radical (unpaired) electrons. The van der Waals surface area contributed by atoms with Gasteiger partial charge in [-0.1, -0.05) is 18.2 Å². The van der Waals surface area contributed by atoms with Gasteiger partial charge in [-0.3, -0.25) is 0 Å². The van der Waals surface area contributed by atoms with Gasteiger partial charge in [-0.05, 0) is 49.6 Å². The molecule has 1 unspecified atom stereocenters. The molecule has 2 aromatic rings. The van der Waals surface area contributed by atoms with E-state index in [-0.39, 0.29) is 5.56 Å². The van der Waals surface area contributed by atoms with Crippen molar-refractivity contribution >= 4 is 43.2 Å². The number of thiophene rings is 1. The van der Waals surface area contributed by atoms with Crippen molar-refractivity contribution in [3.63, 3.8) is 0 Å². The summed E-state index contributed by atoms with van der Waals surface area (Å²) in [7, 11) is 0. The summed E-state index contributed by atoms with van der Waals surface area (Å²) in [6.45, 7) is 0. The maximum atomic E-state index is 12.9. The minimum Gasteiger partial charge on any atom is -0.320 e. The Morgan fingerprint density at radius 1 is 1.16 bits per heavy atom. The first-order valence-corrected chi connectivity index (χ1v) is 7.57. The van der Waals surface area contributed by atoms with Crippen molar-refractivity contribution in [3.8, 4) is 0 Å². The number of nitrogens with two attached hydrogens (primary N) is 1. The average Bonchev–Trinajstić information content (AvgIpc) is 2.68. The molecule has 1 aromatic heterocycles. The molecule has 0 aliphatic rings. The average molecular weight is 415 g/mol. The van der Waals surface area contributed by atoms with Crippen molar-refractivity contribution in [2.45, 2.75) is 12.2 Å². The number of benzene rings is 1. The normalized spacial score (nSPS) is 13.6. The minimum absolute atomic E-state index is 0.0799. The van der Waals surface area contributed by atoms with Crippen LogP contribution in [0.2, 0.25) is 0 Å². The number of hydrogen-bond acceptors (Lipinski definition) is 2. The second-order valence-corrected chi connectivity index (χ2v) is 7.09. The van der Waals surface area contributed by atoms with Crippen LogP contribution in [0.3, 0.4) is 0 Å². The zero-order chi connectivity index (χ0) is 14.2. The smallest absolute Gasteiger partial charge is 0.320 e. The van der Waals surface area contributed by atoms with Crippen molar-refractivity contribution in [1.82, 2.24) is 0 Å². The first kappa shape index (κ1) is 15.0. The fourth-order valence-electron chi connectivity index (χ4n) is 1.70. The molecule has 0 saturated carbocycles. The Bertz CT molecular complexity index is 575. The van der Waals surface area contributed by atoms with Crippen LogP contribution in [0.5, 0.6) is 0 Å². The molecule has 1 atom stereocenters. The van der Waals surface area contributed by atoms with Crippen LogP contribution in [0.1, 0.15) is 22.0 Å². The zero-order valence-corrected chi connectivity index (χ0v) is 13.3. The van der Waals surface area contributed by atoms with Crippen LogP contribution in [0, 0.1) is 0 Å². The van der Waals surface area contributed by atoms with Crippen LogP contribution in [-0.4, -0.2) is 0 Å². The monoisotopic (exact) mass is 413 g/mol. The van der Waals surface area contributed by atoms with E-state index in [0.717, 1.165) is 14.3 Å². The Labute approximate surface area is 128 Å². The van der Waals surface area contributed by atoms with Crippen molar-refractivity contribution in [2.75, 3.05) is 0 Å². The minimum atomic E-state index is -4.40. The summed E-state index contributed by atoms with van der Waals surface area (Å²) >= 11 is 7.92. The Morgan fingerprint density at radius 3 is 2.32 bits per heavy atom. The highest BCUT2D eigenvalue weighted by Gasteiger charge is 2.34. The molecule has 2 N–H and O–H groups in total. The standard InChI is InChI=1S/C12H8Br2F3NS/c13-8-5-9(19-11(8)14)10(18)6-3-1-2-4-7(6)12(15,16)17/h1-5,10H,18H2. The topological polar surface area (TPSA) is 26.0 Å². The third-order valence-corrected chi connectivity index (χ3v) is 5.91. The van der Waals surface area contributed by atoms with Crippen LogP contribution >= 0.6 is 43.2 Å². The molecule has 1 aromatic carbocycles. The van der Waals surface area contributed by atoms with E-state index in [1.54, 1.807) is 12.1 Å². The molecule has 7 heteroatoms. The molecule has 0 aliphatic heterocycles. The summed E-state index contributed by atoms with van der Waals surface area (Å²) < 4.78 is 40.4. The Kier molecular flexibility index (Phi) is 4.39. The number of rotatable bonds is 2. The first-order valence-electron chi connectivity index (χ1n) is 5.17. The lowest BCUT2D eigenvalue weighted by atomic mass is 9.99. The first-order chi connectivity index (χ1) is 8.80. The van der Waals surface area contributed by atoms with Crippen molar-refractivity contribution < 1.29 is 13.2 Å². The summed E-state index contributed by atoms with van der Waals surface area (Å²) in [6.07, 6.45) is -4.40. The summed E-state index contributed by atoms with van der Waals surface area (Å²) in [6, 6.07) is 6.31. The van der Waals surface area contributed by atoms with Crippen molar-refractivity contribution in [3.05, 3.63) is 54.6 Å². The quantitative estimate of drug-likeness (QED) is 0.705. The molecule has 19 heavy (non-hydrogen) atoms. The van der Waals surface area contributed by atoms with Crippen LogP contribution in [0.15, 0.2) is 38.6 Å². The van der Waals surface area contributed by atoms with Crippen molar-refractivity contribution in [1.29, 1.82) is 0 Å². The van der Waals surface area contributed by atoms with Crippen LogP contribution in [-0.2, 0) is 6.18 Å². The molecular formula is C12H8Br2F3NS. The highest BCUT2D eigenvalue weighted by atomic mass is 79.9. The van der Waals surface area contributed by atoms with Crippen molar-refractivity contribution in [2.24, 2.45) is 5.73 Å². The van der Waals surface area contributed by atoms with Crippen LogP contribution < -0.4 is 5.73 Å². The number of hydrogen-bond donors (Lipinski definition) is 1. The van der Waals surface area contributed by atoms with Gasteiger partial charge in [0.1, 0.15) is 0 Å². The van der Waals surface area contributed by atoms with Gasteiger partial charge in [0.05, 0.1) is 15.4 Å². The predicted molar refractivity (Wildman–Crippen MR) is 77.2 cm³/mol. The maximum absolute atomic E-state index is 12.9. The molecule has 0 aliphatic carbocycles. The van der Waals surface area contributed by atoms with E-state index in [1.165, 1.54) is 23.5 Å². The molecule has 0 bridgehead atoms. The summed E-state index contributed by atoms with van der Waals surface area (Å²) in [5, 5.41) is 0. The van der Waals surface area contributed by atoms with E-state index in [2.05, 4.69) is 31.9 Å². The second kappa shape index (κ2) is 5.55. The third kappa shape index (κ3) is 3.21. The van der Waals surface area contributed by atoms with Gasteiger partial charge in [-0.15, -0.1) is 11.3 Å². The lowest BCUT2D eigenvalue weighted by Gasteiger charge is -2.17. The second-order valence-electron chi connectivity index (χ2n) is 3.83. The Morgan fingerprint density at radius 2 is 1.79 bits per heavy atom. The molecule has 1 nitrogen and oxygen atoms in total. The highest BCUT2D eigenvalue weighted by molar-refractivity contribution is 9.13. The molecule has 2 rings (SSSR count). The van der Waals surface area contributed by atoms with E-state index < -0.39 is 17.8 Å². The van der Waals surface area contributed by atoms with Gasteiger partial charge in [0, 0.05) is 9.35 Å². The van der Waals surface area contributed by atoms with E-state index in [0.29, 0.717) is 4.88 Å². The lowest BCUT2D eigenvalue weighted by molar-refractivity contribution is -0.138. The number of halogens is 5. The molecule has 1 heterocycles. The van der Waals surface area contributed by atoms with E-state index in [4.69, 9.17) is 5.73 Å². The lowest BCUT2D eigenvalue weighted by Crippen LogP contribution is -2.17. The zero-order valence-electron chi connectivity index (χ0n) is 9.34. The van der Waals surface area contributed by atoms with Crippen LogP contribution in [0.4, 0.5) is 13.2 Å². The summed E-state index contributed by atoms with van der Waals surface area (Å²) in [5.74, 6) is 0. The van der Waals surface area contributed by atoms with Gasteiger partial charge in [-0.2, -0.15) is 13.2 Å². The highest BCUT2D eigenvalue weighted by Crippen LogP contribution is 2.40. The van der Waals surface area contributed by atoms with E-state index in [1.807, 2.05) is 0 Å². The predicted octanol–water partition coefficient (Wildman–Crippen LogP) is 5.34. The van der Waals surface area contributed by atoms with E-state index in [9.17, 15) is 13.2 Å². The summed E-state index contributed by atoms with van der Waals surface area (Å²) in [5.41, 5.74) is 5.35. The maximum Gasteiger partial charge on any atom is 0.416 e. The molecule has 102 valence electrons. The van der Waals surface area contributed by atoms with Gasteiger partial charge < -0.3 is 5.73 Å². The SMILES string of the molecule is NC(c1cc(Br)c(Br)s1)c1ccccc1C(F)(F)F. The molecule has 0 spiro atoms. The fourth-order valence-corrected chi connectivity index (χ4v) is 3.81. The van der Waals surface area contributed by atoms with Gasteiger partial charge in [0.25, 0.3) is 0 Å².